The third-order valence-electron chi connectivity index (χ3n) is 5.49. The van der Waals surface area contributed by atoms with Gasteiger partial charge in [-0.2, -0.15) is 0 Å². The first kappa shape index (κ1) is 19.8. The number of nitrogens with zero attached hydrogens (tertiary/aromatic N) is 4. The summed E-state index contributed by atoms with van der Waals surface area (Å²) < 4.78 is 11.7. The van der Waals surface area contributed by atoms with Crippen molar-refractivity contribution in [1.82, 2.24) is 20.4 Å². The summed E-state index contributed by atoms with van der Waals surface area (Å²) >= 11 is 0. The molecule has 0 atom stereocenters. The molecule has 2 aromatic heterocycles. The summed E-state index contributed by atoms with van der Waals surface area (Å²) in [5.41, 5.74) is 5.69. The molecule has 0 aliphatic rings. The van der Waals surface area contributed by atoms with Gasteiger partial charge in [0.15, 0.2) is 0 Å². The quantitative estimate of drug-likeness (QED) is 0.293. The zero-order valence-corrected chi connectivity index (χ0v) is 18.0. The Morgan fingerprint density at radius 1 is 0.294 bits per heavy atom. The fourth-order valence-corrected chi connectivity index (χ4v) is 3.69. The fraction of sp³-hybridized carbons (Fsp3) is 0. The minimum Gasteiger partial charge on any atom is -0.416 e. The second kappa shape index (κ2) is 8.60. The number of aromatic nitrogens is 4. The van der Waals surface area contributed by atoms with E-state index in [1.54, 1.807) is 0 Å². The molecule has 0 aliphatic heterocycles. The lowest BCUT2D eigenvalue weighted by molar-refractivity contribution is 0.584. The van der Waals surface area contributed by atoms with Crippen LogP contribution in [0.1, 0.15) is 0 Å². The average Bonchev–Trinajstić information content (AvgIpc) is 3.61. The first-order valence-electron chi connectivity index (χ1n) is 10.8. The molecule has 0 N–H and O–H groups in total. The second-order valence-corrected chi connectivity index (χ2v) is 7.71. The third kappa shape index (κ3) is 3.89. The molecule has 162 valence electrons. The van der Waals surface area contributed by atoms with E-state index in [0.717, 1.165) is 33.4 Å². The highest BCUT2D eigenvalue weighted by molar-refractivity contribution is 5.70. The average molecular weight is 442 g/mol. The van der Waals surface area contributed by atoms with E-state index >= 15 is 0 Å². The molecule has 6 heteroatoms. The SMILES string of the molecule is c1ccc(-c2nnc(-c3ccc(-c4ccc(-c5nnc(-c6ccccc6)o5)cc4)cc3)o2)cc1. The van der Waals surface area contributed by atoms with Crippen molar-refractivity contribution in [3.8, 4) is 56.9 Å². The Bertz CT molecular complexity index is 1400. The molecule has 0 bridgehead atoms. The van der Waals surface area contributed by atoms with Gasteiger partial charge < -0.3 is 8.83 Å². The minimum absolute atomic E-state index is 0.492. The van der Waals surface area contributed by atoms with Crippen molar-refractivity contribution in [2.45, 2.75) is 0 Å². The van der Waals surface area contributed by atoms with Crippen LogP contribution in [0.15, 0.2) is 118 Å². The van der Waals surface area contributed by atoms with E-state index in [1.165, 1.54) is 0 Å². The van der Waals surface area contributed by atoms with E-state index in [2.05, 4.69) is 20.4 Å². The van der Waals surface area contributed by atoms with Gasteiger partial charge in [0.1, 0.15) is 0 Å². The predicted octanol–water partition coefficient (Wildman–Crippen LogP) is 6.79. The van der Waals surface area contributed by atoms with Crippen LogP contribution >= 0.6 is 0 Å². The molecule has 0 spiro atoms. The van der Waals surface area contributed by atoms with Crippen LogP contribution in [0.5, 0.6) is 0 Å². The molecular weight excluding hydrogens is 424 g/mol. The Morgan fingerprint density at radius 3 is 0.882 bits per heavy atom. The van der Waals surface area contributed by atoms with Crippen molar-refractivity contribution in [1.29, 1.82) is 0 Å². The summed E-state index contributed by atoms with van der Waals surface area (Å²) in [5.74, 6) is 2.00. The minimum atomic E-state index is 0.492. The van der Waals surface area contributed by atoms with Gasteiger partial charge in [-0.1, -0.05) is 60.7 Å². The van der Waals surface area contributed by atoms with Crippen LogP contribution in [0.25, 0.3) is 56.9 Å². The zero-order valence-electron chi connectivity index (χ0n) is 18.0. The molecule has 0 unspecified atom stereocenters. The largest absolute Gasteiger partial charge is 0.416 e. The standard InChI is InChI=1S/C28H18N4O2/c1-3-7-21(8-4-1)25-29-31-27(33-25)23-15-11-19(12-16-23)20-13-17-24(18-14-20)28-32-30-26(34-28)22-9-5-2-6-10-22/h1-18H. The molecule has 0 amide bonds. The van der Waals surface area contributed by atoms with Crippen LogP contribution in [0.2, 0.25) is 0 Å². The molecule has 0 fully saturated rings. The van der Waals surface area contributed by atoms with E-state index in [1.807, 2.05) is 109 Å². The number of hydrogen-bond acceptors (Lipinski definition) is 6. The van der Waals surface area contributed by atoms with Crippen molar-refractivity contribution in [3.05, 3.63) is 109 Å². The molecule has 6 rings (SSSR count). The van der Waals surface area contributed by atoms with E-state index in [9.17, 15) is 0 Å². The monoisotopic (exact) mass is 442 g/mol. The van der Waals surface area contributed by atoms with Gasteiger partial charge in [0.05, 0.1) is 0 Å². The van der Waals surface area contributed by atoms with Crippen LogP contribution < -0.4 is 0 Å². The molecule has 0 radical (unpaired) electrons. The van der Waals surface area contributed by atoms with Crippen LogP contribution in [0.3, 0.4) is 0 Å². The Hall–Kier alpha value is -4.84. The van der Waals surface area contributed by atoms with Gasteiger partial charge in [-0.15, -0.1) is 20.4 Å². The molecule has 0 saturated heterocycles. The molecule has 2 heterocycles. The van der Waals surface area contributed by atoms with Gasteiger partial charge in [-0.3, -0.25) is 0 Å². The first-order valence-corrected chi connectivity index (χ1v) is 10.8. The summed E-state index contributed by atoms with van der Waals surface area (Å²) in [6, 6.07) is 35.5. The van der Waals surface area contributed by atoms with E-state index < -0.39 is 0 Å². The van der Waals surface area contributed by atoms with Gasteiger partial charge in [-0.25, -0.2) is 0 Å². The summed E-state index contributed by atoms with van der Waals surface area (Å²) in [7, 11) is 0. The van der Waals surface area contributed by atoms with Crippen molar-refractivity contribution >= 4 is 0 Å². The second-order valence-electron chi connectivity index (χ2n) is 7.71. The summed E-state index contributed by atoms with van der Waals surface area (Å²) in [6.45, 7) is 0. The highest BCUT2D eigenvalue weighted by Gasteiger charge is 2.12. The van der Waals surface area contributed by atoms with Crippen LogP contribution in [-0.2, 0) is 0 Å². The van der Waals surface area contributed by atoms with Gasteiger partial charge in [0.2, 0.25) is 23.6 Å². The molecule has 0 saturated carbocycles. The Labute approximate surface area is 195 Å². The summed E-state index contributed by atoms with van der Waals surface area (Å²) in [5, 5.41) is 16.7. The Kier molecular flexibility index (Phi) is 5.01. The smallest absolute Gasteiger partial charge is 0.248 e. The van der Waals surface area contributed by atoms with Gasteiger partial charge >= 0.3 is 0 Å². The molecule has 34 heavy (non-hydrogen) atoms. The number of benzene rings is 4. The maximum atomic E-state index is 5.85. The van der Waals surface area contributed by atoms with Crippen molar-refractivity contribution in [2.75, 3.05) is 0 Å². The molecular formula is C28H18N4O2. The highest BCUT2D eigenvalue weighted by atomic mass is 16.4. The van der Waals surface area contributed by atoms with E-state index in [-0.39, 0.29) is 0 Å². The summed E-state index contributed by atoms with van der Waals surface area (Å²) in [4.78, 5) is 0. The van der Waals surface area contributed by atoms with Crippen LogP contribution in [0.4, 0.5) is 0 Å². The lowest BCUT2D eigenvalue weighted by atomic mass is 10.0. The molecule has 0 aliphatic carbocycles. The van der Waals surface area contributed by atoms with Crippen LogP contribution in [-0.4, -0.2) is 20.4 Å². The molecule has 6 aromatic rings. The predicted molar refractivity (Wildman–Crippen MR) is 129 cm³/mol. The van der Waals surface area contributed by atoms with E-state index in [4.69, 9.17) is 8.83 Å². The normalized spacial score (nSPS) is 10.9. The Balaban J connectivity index is 1.20. The van der Waals surface area contributed by atoms with Gasteiger partial charge in [-0.05, 0) is 59.7 Å². The first-order chi connectivity index (χ1) is 16.8. The zero-order chi connectivity index (χ0) is 22.7. The van der Waals surface area contributed by atoms with Gasteiger partial charge in [0.25, 0.3) is 0 Å². The Morgan fingerprint density at radius 2 is 0.559 bits per heavy atom. The lowest BCUT2D eigenvalue weighted by Crippen LogP contribution is -1.82. The van der Waals surface area contributed by atoms with Crippen molar-refractivity contribution < 1.29 is 8.83 Å². The van der Waals surface area contributed by atoms with E-state index in [0.29, 0.717) is 23.6 Å². The van der Waals surface area contributed by atoms with Crippen molar-refractivity contribution in [2.24, 2.45) is 0 Å². The molecule has 4 aromatic carbocycles. The maximum absolute atomic E-state index is 5.85. The summed E-state index contributed by atoms with van der Waals surface area (Å²) in [6.07, 6.45) is 0. The van der Waals surface area contributed by atoms with Crippen LogP contribution in [0, 0.1) is 0 Å². The lowest BCUT2D eigenvalue weighted by Gasteiger charge is -2.03. The van der Waals surface area contributed by atoms with Gasteiger partial charge in [0, 0.05) is 22.3 Å². The highest BCUT2D eigenvalue weighted by Crippen LogP contribution is 2.29. The third-order valence-corrected chi connectivity index (χ3v) is 5.49. The number of rotatable bonds is 5. The number of hydrogen-bond donors (Lipinski definition) is 0. The fourth-order valence-electron chi connectivity index (χ4n) is 3.69. The maximum Gasteiger partial charge on any atom is 0.248 e. The van der Waals surface area contributed by atoms with Crippen molar-refractivity contribution in [3.63, 3.8) is 0 Å². The topological polar surface area (TPSA) is 77.8 Å². The molecule has 6 nitrogen and oxygen atoms in total.